The monoisotopic (exact) mass is 414 g/mol. The molecule has 0 aliphatic heterocycles. The second kappa shape index (κ2) is 7.91. The molecule has 3 aromatic rings. The lowest BCUT2D eigenvalue weighted by atomic mass is 10.1. The van der Waals surface area contributed by atoms with Crippen molar-refractivity contribution in [3.05, 3.63) is 70.2 Å². The second-order valence-electron chi connectivity index (χ2n) is 6.66. The normalized spacial score (nSPS) is 12.0. The fourth-order valence-corrected chi connectivity index (χ4v) is 3.07. The molecule has 0 fully saturated rings. The first-order valence-corrected chi connectivity index (χ1v) is 8.83. The maximum Gasteiger partial charge on any atom is 0.416 e. The summed E-state index contributed by atoms with van der Waals surface area (Å²) in [5.41, 5.74) is 1.17. The van der Waals surface area contributed by atoms with Crippen LogP contribution in [-0.2, 0) is 11.0 Å². The van der Waals surface area contributed by atoms with Gasteiger partial charge in [-0.25, -0.2) is 0 Å². The maximum atomic E-state index is 13.1. The number of alkyl halides is 3. The van der Waals surface area contributed by atoms with E-state index in [1.165, 1.54) is 18.2 Å². The zero-order valence-corrected chi connectivity index (χ0v) is 16.3. The van der Waals surface area contributed by atoms with E-state index in [4.69, 9.17) is 4.52 Å². The second-order valence-corrected chi connectivity index (χ2v) is 6.66. The van der Waals surface area contributed by atoms with Gasteiger partial charge in [-0.15, -0.1) is 0 Å². The number of nitrogens with one attached hydrogen (secondary N) is 1. The van der Waals surface area contributed by atoms with Crippen LogP contribution in [0.2, 0.25) is 0 Å². The Morgan fingerprint density at radius 2 is 1.97 bits per heavy atom. The van der Waals surface area contributed by atoms with E-state index in [1.807, 2.05) is 6.07 Å². The smallest absolute Gasteiger partial charge is 0.360 e. The van der Waals surface area contributed by atoms with Gasteiger partial charge in [-0.1, -0.05) is 11.2 Å². The summed E-state index contributed by atoms with van der Waals surface area (Å²) in [4.78, 5) is 12.4. The third-order valence-electron chi connectivity index (χ3n) is 4.44. The molecule has 0 spiro atoms. The van der Waals surface area contributed by atoms with Gasteiger partial charge >= 0.3 is 6.18 Å². The molecule has 2 aromatic heterocycles. The van der Waals surface area contributed by atoms with Crippen LogP contribution in [0, 0.1) is 32.1 Å². The summed E-state index contributed by atoms with van der Waals surface area (Å²) in [5, 5.41) is 15.5. The molecular formula is C21H17F3N4O2. The Bertz CT molecular complexity index is 1180. The van der Waals surface area contributed by atoms with Gasteiger partial charge in [0.25, 0.3) is 5.91 Å². The highest BCUT2D eigenvalue weighted by atomic mass is 19.4. The summed E-state index contributed by atoms with van der Waals surface area (Å²) in [5.74, 6) is 0.000167. The molecule has 1 N–H and O–H groups in total. The summed E-state index contributed by atoms with van der Waals surface area (Å²) in [6.07, 6.45) is -3.08. The van der Waals surface area contributed by atoms with Gasteiger partial charge in [0.2, 0.25) is 0 Å². The van der Waals surface area contributed by atoms with Crippen LogP contribution in [0.1, 0.15) is 28.3 Å². The fourth-order valence-electron chi connectivity index (χ4n) is 3.07. The van der Waals surface area contributed by atoms with Crippen LogP contribution in [0.25, 0.3) is 11.8 Å². The Labute approximate surface area is 170 Å². The Morgan fingerprint density at radius 3 is 2.57 bits per heavy atom. The molecule has 6 nitrogen and oxygen atoms in total. The van der Waals surface area contributed by atoms with Crippen LogP contribution >= 0.6 is 0 Å². The molecule has 0 saturated heterocycles. The highest BCUT2D eigenvalue weighted by Gasteiger charge is 2.30. The Hall–Kier alpha value is -3.80. The summed E-state index contributed by atoms with van der Waals surface area (Å²) in [6, 6.07) is 9.99. The minimum absolute atomic E-state index is 0.174. The van der Waals surface area contributed by atoms with Crippen molar-refractivity contribution < 1.29 is 22.5 Å². The average Bonchev–Trinajstić information content (AvgIpc) is 3.21. The molecule has 1 aromatic carbocycles. The van der Waals surface area contributed by atoms with Crippen LogP contribution in [0.5, 0.6) is 0 Å². The van der Waals surface area contributed by atoms with Crippen molar-refractivity contribution in [1.82, 2.24) is 9.72 Å². The van der Waals surface area contributed by atoms with Gasteiger partial charge in [-0.05, 0) is 56.7 Å². The molecule has 0 bridgehead atoms. The van der Waals surface area contributed by atoms with Gasteiger partial charge in [-0.3, -0.25) is 4.79 Å². The van der Waals surface area contributed by atoms with Crippen LogP contribution in [0.3, 0.4) is 0 Å². The summed E-state index contributed by atoms with van der Waals surface area (Å²) >= 11 is 0. The highest BCUT2D eigenvalue weighted by Crippen LogP contribution is 2.31. The summed E-state index contributed by atoms with van der Waals surface area (Å²) < 4.78 is 45.7. The number of hydrogen-bond acceptors (Lipinski definition) is 4. The average molecular weight is 414 g/mol. The van der Waals surface area contributed by atoms with E-state index >= 15 is 0 Å². The molecule has 154 valence electrons. The van der Waals surface area contributed by atoms with Crippen molar-refractivity contribution in [1.29, 1.82) is 5.26 Å². The van der Waals surface area contributed by atoms with Crippen molar-refractivity contribution in [2.45, 2.75) is 26.9 Å². The topological polar surface area (TPSA) is 83.9 Å². The molecule has 2 heterocycles. The Kier molecular flexibility index (Phi) is 5.52. The number of nitrogens with zero attached hydrogens (tertiary/aromatic N) is 3. The molecule has 0 aliphatic rings. The van der Waals surface area contributed by atoms with E-state index in [0.717, 1.165) is 12.1 Å². The van der Waals surface area contributed by atoms with Crippen molar-refractivity contribution in [2.75, 3.05) is 5.32 Å². The lowest BCUT2D eigenvalue weighted by Crippen LogP contribution is -2.13. The SMILES string of the molecule is Cc1cc(NC(=O)/C(C#N)=C\c2cc(C)n(-c3cccc(C(F)(F)F)c3)c2C)no1. The number of anilines is 1. The van der Waals surface area contributed by atoms with E-state index in [0.29, 0.717) is 28.4 Å². The van der Waals surface area contributed by atoms with Crippen LogP contribution in [0.4, 0.5) is 19.0 Å². The van der Waals surface area contributed by atoms with E-state index in [1.54, 1.807) is 37.5 Å². The van der Waals surface area contributed by atoms with Gasteiger partial charge < -0.3 is 14.4 Å². The third kappa shape index (κ3) is 4.27. The quantitative estimate of drug-likeness (QED) is 0.483. The molecule has 9 heteroatoms. The van der Waals surface area contributed by atoms with Gasteiger partial charge in [0, 0.05) is 23.1 Å². The first kappa shape index (κ1) is 20.9. The molecule has 3 rings (SSSR count). The lowest BCUT2D eigenvalue weighted by Gasteiger charge is -2.13. The zero-order valence-electron chi connectivity index (χ0n) is 16.3. The molecule has 0 aliphatic carbocycles. The van der Waals surface area contributed by atoms with Crippen LogP contribution < -0.4 is 5.32 Å². The third-order valence-corrected chi connectivity index (χ3v) is 4.44. The van der Waals surface area contributed by atoms with Crippen molar-refractivity contribution in [3.8, 4) is 11.8 Å². The number of carbonyl (C=O) groups is 1. The van der Waals surface area contributed by atoms with E-state index in [9.17, 15) is 23.2 Å². The molecule has 1 amide bonds. The molecular weight excluding hydrogens is 397 g/mol. The standard InChI is InChI=1S/C21H17F3N4O2/c1-12-7-15(9-16(11-25)20(29)26-19-8-13(2)30-27-19)14(3)28(12)18-6-4-5-17(10-18)21(22,23)24/h4-10H,1-3H3,(H,26,27,29)/b16-9-. The first-order valence-electron chi connectivity index (χ1n) is 8.83. The molecule has 0 radical (unpaired) electrons. The van der Waals surface area contributed by atoms with Crippen molar-refractivity contribution in [3.63, 3.8) is 0 Å². The number of rotatable bonds is 4. The Balaban J connectivity index is 1.96. The summed E-state index contributed by atoms with van der Waals surface area (Å²) in [7, 11) is 0. The number of halogens is 3. The fraction of sp³-hybridized carbons (Fsp3) is 0.190. The number of benzene rings is 1. The minimum Gasteiger partial charge on any atom is -0.360 e. The van der Waals surface area contributed by atoms with E-state index in [-0.39, 0.29) is 11.4 Å². The predicted octanol–water partition coefficient (Wildman–Crippen LogP) is 4.96. The number of nitriles is 1. The maximum absolute atomic E-state index is 13.1. The number of amides is 1. The molecule has 0 atom stereocenters. The van der Waals surface area contributed by atoms with Crippen LogP contribution in [0.15, 0.2) is 46.5 Å². The van der Waals surface area contributed by atoms with Gasteiger partial charge in [0.05, 0.1) is 5.56 Å². The largest absolute Gasteiger partial charge is 0.416 e. The zero-order chi connectivity index (χ0) is 22.1. The van der Waals surface area contributed by atoms with E-state index < -0.39 is 17.6 Å². The van der Waals surface area contributed by atoms with Crippen LogP contribution in [-0.4, -0.2) is 15.6 Å². The van der Waals surface area contributed by atoms with E-state index in [2.05, 4.69) is 10.5 Å². The Morgan fingerprint density at radius 1 is 1.23 bits per heavy atom. The molecule has 0 unspecified atom stereocenters. The predicted molar refractivity (Wildman–Crippen MR) is 104 cm³/mol. The molecule has 0 saturated carbocycles. The van der Waals surface area contributed by atoms with Gasteiger partial charge in [-0.2, -0.15) is 18.4 Å². The van der Waals surface area contributed by atoms with Crippen molar-refractivity contribution >= 4 is 17.8 Å². The number of aryl methyl sites for hydroxylation is 2. The number of carbonyl (C=O) groups excluding carboxylic acids is 1. The summed E-state index contributed by atoms with van der Waals surface area (Å²) in [6.45, 7) is 5.09. The highest BCUT2D eigenvalue weighted by molar-refractivity contribution is 6.09. The number of hydrogen-bond donors (Lipinski definition) is 1. The van der Waals surface area contributed by atoms with Gasteiger partial charge in [0.1, 0.15) is 17.4 Å². The molecule has 30 heavy (non-hydrogen) atoms. The lowest BCUT2D eigenvalue weighted by molar-refractivity contribution is -0.137. The van der Waals surface area contributed by atoms with Crippen molar-refractivity contribution in [2.24, 2.45) is 0 Å². The first-order chi connectivity index (χ1) is 14.1. The number of aromatic nitrogens is 2. The van der Waals surface area contributed by atoms with Gasteiger partial charge in [0.15, 0.2) is 5.82 Å². The minimum atomic E-state index is -4.46.